The number of amides is 2. The SMILES string of the molecule is O=C(Nc1cccc2ccccc12)N1CCC[C@@H]1CO. The number of carbonyl (C=O) groups excluding carboxylic acids is 1. The molecule has 0 aliphatic carbocycles. The van der Waals surface area contributed by atoms with Crippen LogP contribution in [0.15, 0.2) is 42.5 Å². The second-order valence-corrected chi connectivity index (χ2v) is 5.13. The molecule has 4 heteroatoms. The first-order chi connectivity index (χ1) is 9.79. The molecule has 1 aliphatic heterocycles. The zero-order chi connectivity index (χ0) is 13.9. The Labute approximate surface area is 118 Å². The van der Waals surface area contributed by atoms with Crippen molar-refractivity contribution in [2.45, 2.75) is 18.9 Å². The van der Waals surface area contributed by atoms with Gasteiger partial charge >= 0.3 is 6.03 Å². The summed E-state index contributed by atoms with van der Waals surface area (Å²) in [5.41, 5.74) is 0.816. The number of carbonyl (C=O) groups is 1. The molecule has 2 aromatic carbocycles. The molecule has 2 amide bonds. The number of rotatable bonds is 2. The summed E-state index contributed by atoms with van der Waals surface area (Å²) in [6.45, 7) is 0.741. The van der Waals surface area contributed by atoms with Gasteiger partial charge in [-0.25, -0.2) is 4.79 Å². The number of urea groups is 1. The summed E-state index contributed by atoms with van der Waals surface area (Å²) in [6, 6.07) is 13.7. The molecule has 0 radical (unpaired) electrons. The summed E-state index contributed by atoms with van der Waals surface area (Å²) in [6.07, 6.45) is 1.83. The highest BCUT2D eigenvalue weighted by molar-refractivity contribution is 6.01. The molecule has 0 bridgehead atoms. The average Bonchev–Trinajstić information content (AvgIpc) is 2.96. The van der Waals surface area contributed by atoms with Gasteiger partial charge in [0.2, 0.25) is 0 Å². The molecule has 4 nitrogen and oxygen atoms in total. The van der Waals surface area contributed by atoms with E-state index in [-0.39, 0.29) is 18.7 Å². The van der Waals surface area contributed by atoms with Gasteiger partial charge in [-0.3, -0.25) is 0 Å². The Morgan fingerprint density at radius 3 is 2.90 bits per heavy atom. The van der Waals surface area contributed by atoms with Crippen molar-refractivity contribution in [1.29, 1.82) is 0 Å². The summed E-state index contributed by atoms with van der Waals surface area (Å²) in [5, 5.41) is 14.4. The Hall–Kier alpha value is -2.07. The number of aliphatic hydroxyl groups is 1. The first kappa shape index (κ1) is 12.9. The van der Waals surface area contributed by atoms with E-state index in [1.54, 1.807) is 4.90 Å². The molecule has 2 N–H and O–H groups in total. The van der Waals surface area contributed by atoms with Crippen LogP contribution < -0.4 is 5.32 Å². The Bertz CT molecular complexity index is 621. The van der Waals surface area contributed by atoms with Crippen LogP contribution in [0.3, 0.4) is 0 Å². The van der Waals surface area contributed by atoms with Crippen molar-refractivity contribution in [3.8, 4) is 0 Å². The van der Waals surface area contributed by atoms with Crippen molar-refractivity contribution in [2.24, 2.45) is 0 Å². The predicted octanol–water partition coefficient (Wildman–Crippen LogP) is 2.83. The minimum absolute atomic E-state index is 0.0307. The Morgan fingerprint density at radius 2 is 2.05 bits per heavy atom. The van der Waals surface area contributed by atoms with Gasteiger partial charge < -0.3 is 15.3 Å². The van der Waals surface area contributed by atoms with Gasteiger partial charge in [-0.2, -0.15) is 0 Å². The van der Waals surface area contributed by atoms with Crippen molar-refractivity contribution >= 4 is 22.5 Å². The number of nitrogens with zero attached hydrogens (tertiary/aromatic N) is 1. The third-order valence-electron chi connectivity index (χ3n) is 3.88. The van der Waals surface area contributed by atoms with E-state index in [2.05, 4.69) is 5.32 Å². The van der Waals surface area contributed by atoms with Crippen LogP contribution >= 0.6 is 0 Å². The fraction of sp³-hybridized carbons (Fsp3) is 0.312. The largest absolute Gasteiger partial charge is 0.394 e. The summed E-state index contributed by atoms with van der Waals surface area (Å²) in [4.78, 5) is 14.1. The van der Waals surface area contributed by atoms with Crippen LogP contribution in [-0.2, 0) is 0 Å². The quantitative estimate of drug-likeness (QED) is 0.881. The number of fused-ring (bicyclic) bond motifs is 1. The molecule has 1 saturated heterocycles. The second kappa shape index (κ2) is 5.51. The number of anilines is 1. The molecule has 0 aromatic heterocycles. The van der Waals surface area contributed by atoms with Gasteiger partial charge in [0, 0.05) is 11.9 Å². The lowest BCUT2D eigenvalue weighted by Crippen LogP contribution is -2.40. The van der Waals surface area contributed by atoms with Gasteiger partial charge in [0.1, 0.15) is 0 Å². The molecule has 2 aromatic rings. The van der Waals surface area contributed by atoms with E-state index in [0.717, 1.165) is 29.3 Å². The zero-order valence-corrected chi connectivity index (χ0v) is 11.2. The minimum atomic E-state index is -0.127. The second-order valence-electron chi connectivity index (χ2n) is 5.13. The van der Waals surface area contributed by atoms with Crippen molar-refractivity contribution in [3.05, 3.63) is 42.5 Å². The molecule has 1 atom stereocenters. The van der Waals surface area contributed by atoms with E-state index in [0.29, 0.717) is 6.54 Å². The number of benzene rings is 2. The van der Waals surface area contributed by atoms with Gasteiger partial charge in [-0.05, 0) is 24.3 Å². The van der Waals surface area contributed by atoms with Crippen molar-refractivity contribution in [1.82, 2.24) is 4.90 Å². The first-order valence-corrected chi connectivity index (χ1v) is 6.96. The first-order valence-electron chi connectivity index (χ1n) is 6.96. The highest BCUT2D eigenvalue weighted by Crippen LogP contribution is 2.24. The molecule has 20 heavy (non-hydrogen) atoms. The van der Waals surface area contributed by atoms with Gasteiger partial charge in [-0.15, -0.1) is 0 Å². The lowest BCUT2D eigenvalue weighted by molar-refractivity contribution is 0.166. The van der Waals surface area contributed by atoms with Crippen molar-refractivity contribution < 1.29 is 9.90 Å². The summed E-state index contributed by atoms with van der Waals surface area (Å²) < 4.78 is 0. The van der Waals surface area contributed by atoms with Gasteiger partial charge in [0.05, 0.1) is 18.3 Å². The standard InChI is InChI=1S/C16H18N2O2/c19-11-13-7-4-10-18(13)16(20)17-15-9-3-6-12-5-1-2-8-14(12)15/h1-3,5-6,8-9,13,19H,4,7,10-11H2,(H,17,20)/t13-/m1/s1. The van der Waals surface area contributed by atoms with E-state index >= 15 is 0 Å². The maximum Gasteiger partial charge on any atom is 0.322 e. The van der Waals surface area contributed by atoms with Gasteiger partial charge in [0.15, 0.2) is 0 Å². The van der Waals surface area contributed by atoms with Crippen molar-refractivity contribution in [2.75, 3.05) is 18.5 Å². The van der Waals surface area contributed by atoms with E-state index in [9.17, 15) is 9.90 Å². The number of nitrogens with one attached hydrogen (secondary N) is 1. The minimum Gasteiger partial charge on any atom is -0.394 e. The number of hydrogen-bond acceptors (Lipinski definition) is 2. The third-order valence-corrected chi connectivity index (χ3v) is 3.88. The molecule has 1 heterocycles. The molecule has 104 valence electrons. The molecule has 0 unspecified atom stereocenters. The normalized spacial score (nSPS) is 18.4. The number of likely N-dealkylation sites (tertiary alicyclic amines) is 1. The third kappa shape index (κ3) is 2.34. The van der Waals surface area contributed by atoms with E-state index in [4.69, 9.17) is 0 Å². The van der Waals surface area contributed by atoms with Gasteiger partial charge in [0.25, 0.3) is 0 Å². The molecule has 0 saturated carbocycles. The molecule has 1 aliphatic rings. The highest BCUT2D eigenvalue weighted by Gasteiger charge is 2.28. The lowest BCUT2D eigenvalue weighted by Gasteiger charge is -2.23. The molecular formula is C16H18N2O2. The maximum absolute atomic E-state index is 12.3. The monoisotopic (exact) mass is 270 g/mol. The summed E-state index contributed by atoms with van der Waals surface area (Å²) >= 11 is 0. The van der Waals surface area contributed by atoms with E-state index < -0.39 is 0 Å². The van der Waals surface area contributed by atoms with Gasteiger partial charge in [-0.1, -0.05) is 36.4 Å². The maximum atomic E-state index is 12.3. The van der Waals surface area contributed by atoms with Crippen LogP contribution in [0.4, 0.5) is 10.5 Å². The average molecular weight is 270 g/mol. The Morgan fingerprint density at radius 1 is 1.25 bits per heavy atom. The van der Waals surface area contributed by atoms with Crippen LogP contribution in [0, 0.1) is 0 Å². The van der Waals surface area contributed by atoms with Crippen LogP contribution in [0.1, 0.15) is 12.8 Å². The molecular weight excluding hydrogens is 252 g/mol. The van der Waals surface area contributed by atoms with Crippen LogP contribution in [0.2, 0.25) is 0 Å². The fourth-order valence-electron chi connectivity index (χ4n) is 2.81. The summed E-state index contributed by atoms with van der Waals surface area (Å²) in [7, 11) is 0. The molecule has 0 spiro atoms. The van der Waals surface area contributed by atoms with Crippen molar-refractivity contribution in [3.63, 3.8) is 0 Å². The fourth-order valence-corrected chi connectivity index (χ4v) is 2.81. The van der Waals surface area contributed by atoms with E-state index in [1.807, 2.05) is 42.5 Å². The number of aliphatic hydroxyl groups excluding tert-OH is 1. The predicted molar refractivity (Wildman–Crippen MR) is 79.8 cm³/mol. The topological polar surface area (TPSA) is 52.6 Å². The lowest BCUT2D eigenvalue weighted by atomic mass is 10.1. The van der Waals surface area contributed by atoms with Crippen LogP contribution in [0.5, 0.6) is 0 Å². The number of hydrogen-bond donors (Lipinski definition) is 2. The van der Waals surface area contributed by atoms with Crippen LogP contribution in [0.25, 0.3) is 10.8 Å². The summed E-state index contributed by atoms with van der Waals surface area (Å²) in [5.74, 6) is 0. The highest BCUT2D eigenvalue weighted by atomic mass is 16.3. The van der Waals surface area contributed by atoms with E-state index in [1.165, 1.54) is 0 Å². The smallest absolute Gasteiger partial charge is 0.322 e. The molecule has 1 fully saturated rings. The zero-order valence-electron chi connectivity index (χ0n) is 11.2. The Kier molecular flexibility index (Phi) is 3.56. The Balaban J connectivity index is 1.84. The van der Waals surface area contributed by atoms with Crippen LogP contribution in [-0.4, -0.2) is 35.2 Å². The molecule has 3 rings (SSSR count).